The molecule has 2 aromatic heterocycles. The Labute approximate surface area is 202 Å². The number of rotatable bonds is 7. The highest BCUT2D eigenvalue weighted by atomic mass is 19.1. The number of aromatic amines is 1. The summed E-state index contributed by atoms with van der Waals surface area (Å²) in [5, 5.41) is 9.84. The second kappa shape index (κ2) is 9.63. The molecule has 0 amide bonds. The van der Waals surface area contributed by atoms with Crippen LogP contribution in [-0.4, -0.2) is 64.1 Å². The van der Waals surface area contributed by atoms with Crippen molar-refractivity contribution in [3.8, 4) is 11.3 Å². The van der Waals surface area contributed by atoms with Crippen LogP contribution in [-0.2, 0) is 11.2 Å². The van der Waals surface area contributed by atoms with Crippen molar-refractivity contribution in [3.63, 3.8) is 0 Å². The molecule has 1 fully saturated rings. The summed E-state index contributed by atoms with van der Waals surface area (Å²) in [6, 6.07) is 15.4. The third-order valence-corrected chi connectivity index (χ3v) is 6.15. The van der Waals surface area contributed by atoms with Crippen LogP contribution in [0.3, 0.4) is 0 Å². The maximum atomic E-state index is 14.6. The normalized spacial score (nSPS) is 14.3. The number of fused-ring (bicyclic) bond motifs is 1. The number of piperazine rings is 1. The van der Waals surface area contributed by atoms with Gasteiger partial charge in [-0.3, -0.25) is 9.89 Å². The van der Waals surface area contributed by atoms with E-state index in [2.05, 4.69) is 61.0 Å². The molecule has 8 nitrogen and oxygen atoms in total. The van der Waals surface area contributed by atoms with Crippen LogP contribution in [0.5, 0.6) is 0 Å². The first kappa shape index (κ1) is 22.7. The third-order valence-electron chi connectivity index (χ3n) is 6.15. The van der Waals surface area contributed by atoms with Gasteiger partial charge in [-0.05, 0) is 43.0 Å². The number of ketones is 1. The Morgan fingerprint density at radius 2 is 1.94 bits per heavy atom. The van der Waals surface area contributed by atoms with Gasteiger partial charge in [0.25, 0.3) is 0 Å². The molecule has 1 aliphatic rings. The number of halogens is 1. The van der Waals surface area contributed by atoms with E-state index in [1.54, 1.807) is 0 Å². The Morgan fingerprint density at radius 3 is 2.74 bits per heavy atom. The highest BCUT2D eigenvalue weighted by Crippen LogP contribution is 2.30. The Kier molecular flexibility index (Phi) is 6.24. The van der Waals surface area contributed by atoms with Gasteiger partial charge in [-0.15, -0.1) is 0 Å². The minimum absolute atomic E-state index is 0.0907. The second-order valence-corrected chi connectivity index (χ2v) is 8.65. The monoisotopic (exact) mass is 471 g/mol. The van der Waals surface area contributed by atoms with Crippen LogP contribution in [0.1, 0.15) is 5.56 Å². The van der Waals surface area contributed by atoms with E-state index >= 15 is 0 Å². The molecule has 5 rings (SSSR count). The van der Waals surface area contributed by atoms with Crippen molar-refractivity contribution in [1.29, 1.82) is 0 Å². The number of likely N-dealkylation sites (N-methyl/N-ethyl adjacent to an activating group) is 1. The molecule has 0 atom stereocenters. The molecule has 0 radical (unpaired) electrons. The topological polar surface area (TPSA) is 90.0 Å². The number of allylic oxidation sites excluding steroid dienone is 1. The van der Waals surface area contributed by atoms with Crippen LogP contribution < -0.4 is 10.2 Å². The predicted octanol–water partition coefficient (Wildman–Crippen LogP) is 3.95. The van der Waals surface area contributed by atoms with E-state index in [1.165, 1.54) is 6.08 Å². The minimum Gasteiger partial charge on any atom is -0.369 e. The molecule has 0 bridgehead atoms. The van der Waals surface area contributed by atoms with Crippen LogP contribution in [0.2, 0.25) is 0 Å². The van der Waals surface area contributed by atoms with Gasteiger partial charge in [0.05, 0.1) is 5.69 Å². The van der Waals surface area contributed by atoms with E-state index < -0.39 is 5.95 Å². The summed E-state index contributed by atoms with van der Waals surface area (Å²) in [5.41, 5.74) is 4.02. The van der Waals surface area contributed by atoms with Crippen LogP contribution in [0.25, 0.3) is 22.3 Å². The molecule has 3 heterocycles. The molecule has 9 heteroatoms. The average Bonchev–Trinajstić information content (AvgIpc) is 3.24. The van der Waals surface area contributed by atoms with Gasteiger partial charge in [-0.2, -0.15) is 14.5 Å². The Hall–Kier alpha value is -4.11. The maximum Gasteiger partial charge on any atom is 0.229 e. The Balaban J connectivity index is 1.48. The molecule has 4 aromatic rings. The lowest BCUT2D eigenvalue weighted by Crippen LogP contribution is -2.44. The second-order valence-electron chi connectivity index (χ2n) is 8.65. The molecule has 2 N–H and O–H groups in total. The number of nitrogens with zero attached hydrogens (tertiary/aromatic N) is 5. The van der Waals surface area contributed by atoms with Gasteiger partial charge < -0.3 is 15.1 Å². The fraction of sp³-hybridized carbons (Fsp3) is 0.231. The highest BCUT2D eigenvalue weighted by Gasteiger charge is 2.18. The number of anilines is 3. The van der Waals surface area contributed by atoms with Crippen molar-refractivity contribution in [1.82, 2.24) is 25.1 Å². The summed E-state index contributed by atoms with van der Waals surface area (Å²) in [6.45, 7) is 7.49. The standard InChI is InChI=1S/C26H26FN7O/c1-3-21(35)15-17-6-4-7-18(14-17)23-22-24(27)31-32-25(22)30-26(29-23)28-19-8-5-9-20(16-19)34-12-10-33(2)11-13-34/h3-9,14,16H,1,10-13,15H2,2H3,(H2,28,29,30,31,32). The van der Waals surface area contributed by atoms with Crippen molar-refractivity contribution in [3.05, 3.63) is 72.7 Å². The number of hydrogen-bond acceptors (Lipinski definition) is 7. The zero-order valence-electron chi connectivity index (χ0n) is 19.5. The number of hydrogen-bond donors (Lipinski definition) is 2. The SMILES string of the molecule is C=CC(=O)Cc1cccc(-c2nc(Nc3cccc(N4CCN(C)CC4)c3)nc3n[nH]c(F)c23)c1. The van der Waals surface area contributed by atoms with Crippen molar-refractivity contribution >= 4 is 34.1 Å². The number of carbonyl (C=O) groups is 1. The molecule has 0 aliphatic carbocycles. The smallest absolute Gasteiger partial charge is 0.229 e. The summed E-state index contributed by atoms with van der Waals surface area (Å²) in [7, 11) is 2.13. The van der Waals surface area contributed by atoms with Crippen LogP contribution in [0.4, 0.5) is 21.7 Å². The number of H-pyrrole nitrogens is 1. The molecular weight excluding hydrogens is 445 g/mol. The lowest BCUT2D eigenvalue weighted by Gasteiger charge is -2.34. The van der Waals surface area contributed by atoms with Crippen molar-refractivity contribution in [2.45, 2.75) is 6.42 Å². The fourth-order valence-electron chi connectivity index (χ4n) is 4.23. The van der Waals surface area contributed by atoms with Gasteiger partial charge >= 0.3 is 0 Å². The van der Waals surface area contributed by atoms with E-state index in [0.717, 1.165) is 43.1 Å². The average molecular weight is 472 g/mol. The van der Waals surface area contributed by atoms with Crippen LogP contribution >= 0.6 is 0 Å². The first-order valence-corrected chi connectivity index (χ1v) is 11.5. The minimum atomic E-state index is -0.605. The lowest BCUT2D eigenvalue weighted by atomic mass is 10.0. The molecule has 35 heavy (non-hydrogen) atoms. The van der Waals surface area contributed by atoms with Gasteiger partial charge in [0.2, 0.25) is 11.9 Å². The van der Waals surface area contributed by atoms with Crippen LogP contribution in [0, 0.1) is 5.95 Å². The Morgan fingerprint density at radius 1 is 1.14 bits per heavy atom. The summed E-state index contributed by atoms with van der Waals surface area (Å²) in [5.74, 6) is -0.389. The summed E-state index contributed by atoms with van der Waals surface area (Å²) >= 11 is 0. The summed E-state index contributed by atoms with van der Waals surface area (Å²) < 4.78 is 14.6. The molecule has 0 unspecified atom stereocenters. The zero-order chi connectivity index (χ0) is 24.4. The first-order valence-electron chi connectivity index (χ1n) is 11.5. The van der Waals surface area contributed by atoms with E-state index in [-0.39, 0.29) is 23.2 Å². The largest absolute Gasteiger partial charge is 0.369 e. The molecule has 178 valence electrons. The number of aromatic nitrogens is 4. The van der Waals surface area contributed by atoms with Crippen molar-refractivity contribution < 1.29 is 9.18 Å². The van der Waals surface area contributed by atoms with Gasteiger partial charge in [-0.25, -0.2) is 4.98 Å². The Bertz CT molecular complexity index is 1390. The van der Waals surface area contributed by atoms with Gasteiger partial charge in [0.1, 0.15) is 5.39 Å². The lowest BCUT2D eigenvalue weighted by molar-refractivity contribution is -0.114. The molecular formula is C26H26FN7O. The molecule has 1 saturated heterocycles. The number of carbonyl (C=O) groups excluding carboxylic acids is 1. The van der Waals surface area contributed by atoms with E-state index in [4.69, 9.17) is 0 Å². The predicted molar refractivity (Wildman–Crippen MR) is 135 cm³/mol. The fourth-order valence-corrected chi connectivity index (χ4v) is 4.23. The molecule has 0 spiro atoms. The molecule has 2 aromatic carbocycles. The van der Waals surface area contributed by atoms with E-state index in [9.17, 15) is 9.18 Å². The van der Waals surface area contributed by atoms with E-state index in [1.807, 2.05) is 36.4 Å². The maximum absolute atomic E-state index is 14.6. The van der Waals surface area contributed by atoms with Gasteiger partial charge in [0, 0.05) is 49.5 Å². The number of benzene rings is 2. The zero-order valence-corrected chi connectivity index (χ0v) is 19.5. The highest BCUT2D eigenvalue weighted by molar-refractivity contribution is 5.93. The first-order chi connectivity index (χ1) is 17.0. The van der Waals surface area contributed by atoms with Crippen molar-refractivity contribution in [2.24, 2.45) is 0 Å². The van der Waals surface area contributed by atoms with Crippen molar-refractivity contribution in [2.75, 3.05) is 43.4 Å². The van der Waals surface area contributed by atoms with Crippen LogP contribution in [0.15, 0.2) is 61.2 Å². The van der Waals surface area contributed by atoms with Gasteiger partial charge in [0.15, 0.2) is 11.4 Å². The quantitative estimate of drug-likeness (QED) is 0.395. The summed E-state index contributed by atoms with van der Waals surface area (Å²) in [6.07, 6.45) is 1.51. The molecule has 0 saturated carbocycles. The molecule has 1 aliphatic heterocycles. The van der Waals surface area contributed by atoms with E-state index in [0.29, 0.717) is 17.2 Å². The van der Waals surface area contributed by atoms with Gasteiger partial charge in [-0.1, -0.05) is 30.8 Å². The summed E-state index contributed by atoms with van der Waals surface area (Å²) in [4.78, 5) is 25.6. The third kappa shape index (κ3) is 4.90. The number of nitrogens with one attached hydrogen (secondary N) is 2.